The van der Waals surface area contributed by atoms with Crippen molar-refractivity contribution in [1.29, 1.82) is 0 Å². The van der Waals surface area contributed by atoms with E-state index in [1.165, 1.54) is 24.3 Å². The van der Waals surface area contributed by atoms with Gasteiger partial charge in [0.05, 0.1) is 23.5 Å². The van der Waals surface area contributed by atoms with Crippen molar-refractivity contribution in [3.8, 4) is 11.3 Å². The van der Waals surface area contributed by atoms with Crippen LogP contribution in [0.2, 0.25) is 0 Å². The van der Waals surface area contributed by atoms with Crippen molar-refractivity contribution in [2.75, 3.05) is 6.54 Å². The first kappa shape index (κ1) is 21.0. The molecule has 3 aromatic rings. The molecule has 0 fully saturated rings. The van der Waals surface area contributed by atoms with Crippen molar-refractivity contribution < 1.29 is 8.78 Å². The Bertz CT molecular complexity index is 1130. The van der Waals surface area contributed by atoms with Crippen LogP contribution in [-0.2, 0) is 19.5 Å². The third-order valence-corrected chi connectivity index (χ3v) is 5.57. The molecule has 0 bridgehead atoms. The van der Waals surface area contributed by atoms with Crippen LogP contribution in [0.4, 0.5) is 8.78 Å². The van der Waals surface area contributed by atoms with Gasteiger partial charge in [-0.15, -0.1) is 5.73 Å². The molecule has 2 N–H and O–H groups in total. The molecular weight excluding hydrogens is 394 g/mol. The number of hydrogen-bond acceptors (Lipinski definition) is 3. The van der Waals surface area contributed by atoms with E-state index in [0.29, 0.717) is 13.0 Å². The third-order valence-electron chi connectivity index (χ3n) is 5.57. The van der Waals surface area contributed by atoms with Crippen molar-refractivity contribution in [2.45, 2.75) is 38.9 Å². The lowest BCUT2D eigenvalue weighted by Gasteiger charge is -2.36. The summed E-state index contributed by atoms with van der Waals surface area (Å²) < 4.78 is 29.1. The summed E-state index contributed by atoms with van der Waals surface area (Å²) in [4.78, 5) is 7.09. The van der Waals surface area contributed by atoms with Gasteiger partial charge >= 0.3 is 0 Å². The second-order valence-corrected chi connectivity index (χ2v) is 8.45. The van der Waals surface area contributed by atoms with Crippen molar-refractivity contribution in [3.63, 3.8) is 0 Å². The maximum absolute atomic E-state index is 13.5. The van der Waals surface area contributed by atoms with Crippen molar-refractivity contribution >= 4 is 0 Å². The predicted molar refractivity (Wildman–Crippen MR) is 118 cm³/mol. The molecule has 0 amide bonds. The Morgan fingerprint density at radius 2 is 1.68 bits per heavy atom. The molecule has 4 rings (SSSR count). The molecule has 0 saturated carbocycles. The topological polar surface area (TPSA) is 47.1 Å². The van der Waals surface area contributed by atoms with Crippen molar-refractivity contribution in [3.05, 3.63) is 95.3 Å². The van der Waals surface area contributed by atoms with Crippen LogP contribution in [0.15, 0.2) is 66.5 Å². The Morgan fingerprint density at radius 1 is 1.06 bits per heavy atom. The number of nitrogens with zero attached hydrogens (tertiary/aromatic N) is 3. The molecule has 4 nitrogen and oxygen atoms in total. The van der Waals surface area contributed by atoms with Gasteiger partial charge < -0.3 is 15.2 Å². The van der Waals surface area contributed by atoms with E-state index in [-0.39, 0.29) is 11.6 Å². The summed E-state index contributed by atoms with van der Waals surface area (Å²) in [5.74, 6) is 0.353. The smallest absolute Gasteiger partial charge is 0.129 e. The van der Waals surface area contributed by atoms with Gasteiger partial charge in [0.1, 0.15) is 17.5 Å². The summed E-state index contributed by atoms with van der Waals surface area (Å²) in [6.45, 7) is 9.75. The fourth-order valence-electron chi connectivity index (χ4n) is 4.14. The summed E-state index contributed by atoms with van der Waals surface area (Å²) >= 11 is 0. The van der Waals surface area contributed by atoms with Gasteiger partial charge in [0, 0.05) is 30.8 Å². The summed E-state index contributed by atoms with van der Waals surface area (Å²) in [6, 6.07) is 12.9. The largest absolute Gasteiger partial charge is 0.358 e. The van der Waals surface area contributed by atoms with E-state index >= 15 is 0 Å². The first-order chi connectivity index (χ1) is 14.8. The number of rotatable bonds is 5. The molecule has 0 unspecified atom stereocenters. The SMILES string of the molecule is C=C=C(N1CCn2c(nc(-c3ccc(F)cc3)c2Cc2ccc(F)cc2)C1)C(C)(C)N. The van der Waals surface area contributed by atoms with E-state index in [9.17, 15) is 8.78 Å². The first-order valence-electron chi connectivity index (χ1n) is 10.3. The van der Waals surface area contributed by atoms with Crippen LogP contribution < -0.4 is 5.73 Å². The number of nitrogens with two attached hydrogens (primary N) is 1. The van der Waals surface area contributed by atoms with Gasteiger partial charge in [-0.2, -0.15) is 0 Å². The molecule has 0 atom stereocenters. The maximum atomic E-state index is 13.5. The number of aromatic nitrogens is 2. The number of benzene rings is 2. The average Bonchev–Trinajstić information content (AvgIpc) is 3.07. The van der Waals surface area contributed by atoms with Crippen molar-refractivity contribution in [2.24, 2.45) is 5.73 Å². The monoisotopic (exact) mass is 420 g/mol. The molecule has 0 aliphatic carbocycles. The van der Waals surface area contributed by atoms with E-state index in [4.69, 9.17) is 10.7 Å². The van der Waals surface area contributed by atoms with Gasteiger partial charge in [-0.25, -0.2) is 13.8 Å². The van der Waals surface area contributed by atoms with Gasteiger partial charge in [0.2, 0.25) is 0 Å². The second kappa shape index (κ2) is 8.14. The lowest BCUT2D eigenvalue weighted by molar-refractivity contribution is 0.240. The molecule has 160 valence electrons. The minimum atomic E-state index is -0.562. The summed E-state index contributed by atoms with van der Waals surface area (Å²) in [7, 11) is 0. The number of halogens is 2. The molecule has 31 heavy (non-hydrogen) atoms. The van der Waals surface area contributed by atoms with Crippen LogP contribution in [0.5, 0.6) is 0 Å². The minimum Gasteiger partial charge on any atom is -0.358 e. The molecule has 0 radical (unpaired) electrons. The Kier molecular flexibility index (Phi) is 5.52. The van der Waals surface area contributed by atoms with Crippen LogP contribution >= 0.6 is 0 Å². The zero-order valence-electron chi connectivity index (χ0n) is 17.8. The molecule has 2 aromatic carbocycles. The Labute approximate surface area is 181 Å². The molecule has 2 heterocycles. The van der Waals surface area contributed by atoms with Gasteiger partial charge in [-0.05, 0) is 55.8 Å². The second-order valence-electron chi connectivity index (χ2n) is 8.45. The fourth-order valence-corrected chi connectivity index (χ4v) is 4.14. The van der Waals surface area contributed by atoms with E-state index in [0.717, 1.165) is 47.1 Å². The van der Waals surface area contributed by atoms with Crippen molar-refractivity contribution in [1.82, 2.24) is 14.5 Å². The minimum absolute atomic E-state index is 0.262. The van der Waals surface area contributed by atoms with Gasteiger partial charge in [0.15, 0.2) is 0 Å². The molecule has 6 heteroatoms. The Morgan fingerprint density at radius 3 is 2.26 bits per heavy atom. The maximum Gasteiger partial charge on any atom is 0.129 e. The van der Waals surface area contributed by atoms with E-state index in [1.54, 1.807) is 24.3 Å². The fraction of sp³-hybridized carbons (Fsp3) is 0.280. The zero-order chi connectivity index (χ0) is 22.2. The lowest BCUT2D eigenvalue weighted by atomic mass is 10.0. The summed E-state index contributed by atoms with van der Waals surface area (Å²) in [5, 5.41) is 0. The van der Waals surface area contributed by atoms with Gasteiger partial charge in [-0.1, -0.05) is 18.7 Å². The van der Waals surface area contributed by atoms with Crippen LogP contribution in [0.1, 0.15) is 30.9 Å². The average molecular weight is 421 g/mol. The number of fused-ring (bicyclic) bond motifs is 1. The summed E-state index contributed by atoms with van der Waals surface area (Å²) in [6.07, 6.45) is 0.604. The van der Waals surface area contributed by atoms with E-state index in [1.807, 2.05) is 13.8 Å². The number of imidazole rings is 1. The first-order valence-corrected chi connectivity index (χ1v) is 10.3. The van der Waals surface area contributed by atoms with Crippen LogP contribution in [0.3, 0.4) is 0 Å². The van der Waals surface area contributed by atoms with Gasteiger partial charge in [0.25, 0.3) is 0 Å². The van der Waals surface area contributed by atoms with Crippen LogP contribution in [0.25, 0.3) is 11.3 Å². The van der Waals surface area contributed by atoms with Crippen LogP contribution in [-0.4, -0.2) is 26.5 Å². The van der Waals surface area contributed by atoms with E-state index in [2.05, 4.69) is 21.8 Å². The number of hydrogen-bond donors (Lipinski definition) is 1. The molecule has 0 saturated heterocycles. The Hall–Kier alpha value is -3.21. The zero-order valence-corrected chi connectivity index (χ0v) is 17.8. The predicted octanol–water partition coefficient (Wildman–Crippen LogP) is 4.64. The highest BCUT2D eigenvalue weighted by Crippen LogP contribution is 2.31. The molecule has 1 aliphatic heterocycles. The normalized spacial score (nSPS) is 13.6. The Balaban J connectivity index is 1.76. The molecule has 1 aromatic heterocycles. The van der Waals surface area contributed by atoms with E-state index < -0.39 is 5.54 Å². The highest BCUT2D eigenvalue weighted by atomic mass is 19.1. The third kappa shape index (κ3) is 4.31. The lowest BCUT2D eigenvalue weighted by Crippen LogP contribution is -2.45. The molecular formula is C25H26F2N4. The van der Waals surface area contributed by atoms with Crippen LogP contribution in [0, 0.1) is 11.6 Å². The molecule has 0 spiro atoms. The molecule has 1 aliphatic rings. The quantitative estimate of drug-likeness (QED) is 0.612. The highest BCUT2D eigenvalue weighted by Gasteiger charge is 2.29. The summed E-state index contributed by atoms with van der Waals surface area (Å²) in [5.41, 5.74) is 13.3. The highest BCUT2D eigenvalue weighted by molar-refractivity contribution is 5.63. The standard InChI is InChI=1S/C25H26F2N4/c1-4-22(25(2,3)28)30-13-14-31-21(15-17-5-9-19(26)10-6-17)24(29-23(31)16-30)18-7-11-20(27)12-8-18/h5-12H,1,13-16,28H2,2-3H3. The van der Waals surface area contributed by atoms with Gasteiger partial charge in [-0.3, -0.25) is 0 Å².